The molecule has 1 rings (SSSR count). The molecule has 0 fully saturated rings. The van der Waals surface area contributed by atoms with Gasteiger partial charge in [-0.1, -0.05) is 23.3 Å². The standard InChI is InChI=1S/C14H18N2O2/c1-4-5-12(13(15)17)16-14(18)11-7-9(2)6-10(3)8-11/h4,6-8,12H,1,5H2,2-3H3,(H2,15,17)(H,16,18)/t12-/m0/s1. The molecule has 0 heterocycles. The van der Waals surface area contributed by atoms with E-state index in [1.165, 1.54) is 0 Å². The summed E-state index contributed by atoms with van der Waals surface area (Å²) in [7, 11) is 0. The lowest BCUT2D eigenvalue weighted by Gasteiger charge is -2.14. The Morgan fingerprint density at radius 2 is 1.89 bits per heavy atom. The molecule has 0 aliphatic rings. The molecule has 0 spiro atoms. The predicted molar refractivity (Wildman–Crippen MR) is 71.2 cm³/mol. The maximum absolute atomic E-state index is 12.0. The molecule has 4 heteroatoms. The lowest BCUT2D eigenvalue weighted by molar-refractivity contribution is -0.119. The number of rotatable bonds is 5. The Bertz CT molecular complexity index is 460. The van der Waals surface area contributed by atoms with Crippen LogP contribution in [0.5, 0.6) is 0 Å². The van der Waals surface area contributed by atoms with Crippen LogP contribution in [-0.4, -0.2) is 17.9 Å². The third-order valence-corrected chi connectivity index (χ3v) is 2.54. The van der Waals surface area contributed by atoms with Crippen molar-refractivity contribution in [2.45, 2.75) is 26.3 Å². The number of carbonyl (C=O) groups is 2. The average Bonchev–Trinajstić information content (AvgIpc) is 2.26. The number of primary amides is 1. The average molecular weight is 246 g/mol. The van der Waals surface area contributed by atoms with E-state index in [-0.39, 0.29) is 5.91 Å². The molecule has 18 heavy (non-hydrogen) atoms. The van der Waals surface area contributed by atoms with Crippen LogP contribution in [0.15, 0.2) is 30.9 Å². The first kappa shape index (κ1) is 14.0. The van der Waals surface area contributed by atoms with Gasteiger partial charge in [0, 0.05) is 5.56 Å². The number of nitrogens with two attached hydrogens (primary N) is 1. The summed E-state index contributed by atoms with van der Waals surface area (Å²) < 4.78 is 0. The molecule has 0 radical (unpaired) electrons. The molecule has 1 aromatic rings. The lowest BCUT2D eigenvalue weighted by Crippen LogP contribution is -2.44. The van der Waals surface area contributed by atoms with Crippen molar-refractivity contribution in [1.82, 2.24) is 5.32 Å². The molecule has 1 atom stereocenters. The van der Waals surface area contributed by atoms with E-state index in [9.17, 15) is 9.59 Å². The fourth-order valence-electron chi connectivity index (χ4n) is 1.76. The first-order chi connectivity index (χ1) is 8.43. The van der Waals surface area contributed by atoms with Gasteiger partial charge in [-0.25, -0.2) is 0 Å². The third-order valence-electron chi connectivity index (χ3n) is 2.54. The predicted octanol–water partition coefficient (Wildman–Crippen LogP) is 1.46. The molecule has 0 saturated heterocycles. The zero-order chi connectivity index (χ0) is 13.7. The third kappa shape index (κ3) is 3.73. The Morgan fingerprint density at radius 1 is 1.33 bits per heavy atom. The number of amides is 2. The number of nitrogens with one attached hydrogen (secondary N) is 1. The van der Waals surface area contributed by atoms with E-state index in [2.05, 4.69) is 11.9 Å². The van der Waals surface area contributed by atoms with Crippen LogP contribution in [0, 0.1) is 13.8 Å². The molecule has 0 aliphatic heterocycles. The molecule has 0 bridgehead atoms. The van der Waals surface area contributed by atoms with Crippen LogP contribution in [0.25, 0.3) is 0 Å². The van der Waals surface area contributed by atoms with E-state index >= 15 is 0 Å². The minimum Gasteiger partial charge on any atom is -0.368 e. The van der Waals surface area contributed by atoms with Gasteiger partial charge in [-0.2, -0.15) is 0 Å². The SMILES string of the molecule is C=CC[C@H](NC(=O)c1cc(C)cc(C)c1)C(N)=O. The van der Waals surface area contributed by atoms with Crippen molar-refractivity contribution in [3.8, 4) is 0 Å². The Morgan fingerprint density at radius 3 is 2.33 bits per heavy atom. The number of hydrogen-bond acceptors (Lipinski definition) is 2. The van der Waals surface area contributed by atoms with Crippen molar-refractivity contribution >= 4 is 11.8 Å². The molecule has 0 unspecified atom stereocenters. The highest BCUT2D eigenvalue weighted by atomic mass is 16.2. The van der Waals surface area contributed by atoms with Gasteiger partial charge in [0.2, 0.25) is 5.91 Å². The van der Waals surface area contributed by atoms with Crippen LogP contribution in [0.2, 0.25) is 0 Å². The van der Waals surface area contributed by atoms with Gasteiger partial charge < -0.3 is 11.1 Å². The van der Waals surface area contributed by atoms with Crippen LogP contribution < -0.4 is 11.1 Å². The van der Waals surface area contributed by atoms with E-state index in [0.29, 0.717) is 12.0 Å². The number of aryl methyl sites for hydroxylation is 2. The number of benzene rings is 1. The molecule has 0 aromatic heterocycles. The monoisotopic (exact) mass is 246 g/mol. The molecular formula is C14H18N2O2. The van der Waals surface area contributed by atoms with Crippen LogP contribution in [0.4, 0.5) is 0 Å². The zero-order valence-electron chi connectivity index (χ0n) is 10.7. The largest absolute Gasteiger partial charge is 0.368 e. The van der Waals surface area contributed by atoms with Gasteiger partial charge in [0.25, 0.3) is 5.91 Å². The summed E-state index contributed by atoms with van der Waals surface area (Å²) in [5.74, 6) is -0.861. The molecule has 0 aliphatic carbocycles. The second-order valence-corrected chi connectivity index (χ2v) is 4.33. The smallest absolute Gasteiger partial charge is 0.251 e. The maximum Gasteiger partial charge on any atom is 0.251 e. The summed E-state index contributed by atoms with van der Waals surface area (Å²) in [6.45, 7) is 7.36. The first-order valence-corrected chi connectivity index (χ1v) is 5.73. The van der Waals surface area contributed by atoms with Crippen molar-refractivity contribution in [2.75, 3.05) is 0 Å². The number of hydrogen-bond donors (Lipinski definition) is 2. The number of carbonyl (C=O) groups excluding carboxylic acids is 2. The van der Waals surface area contributed by atoms with E-state index in [1.54, 1.807) is 18.2 Å². The molecule has 0 saturated carbocycles. The van der Waals surface area contributed by atoms with Crippen molar-refractivity contribution in [3.63, 3.8) is 0 Å². The van der Waals surface area contributed by atoms with Gasteiger partial charge in [-0.05, 0) is 32.4 Å². The van der Waals surface area contributed by atoms with Gasteiger partial charge >= 0.3 is 0 Å². The van der Waals surface area contributed by atoms with E-state index in [4.69, 9.17) is 5.73 Å². The normalized spacial score (nSPS) is 11.7. The summed E-state index contributed by atoms with van der Waals surface area (Å²) in [5.41, 5.74) is 7.74. The molecule has 4 nitrogen and oxygen atoms in total. The van der Waals surface area contributed by atoms with Gasteiger partial charge in [0.05, 0.1) is 0 Å². The minimum atomic E-state index is -0.712. The van der Waals surface area contributed by atoms with Crippen LogP contribution >= 0.6 is 0 Å². The fourth-order valence-corrected chi connectivity index (χ4v) is 1.76. The summed E-state index contributed by atoms with van der Waals surface area (Å²) in [6.07, 6.45) is 1.88. The Hall–Kier alpha value is -2.10. The highest BCUT2D eigenvalue weighted by molar-refractivity contribution is 5.97. The summed E-state index contributed by atoms with van der Waals surface area (Å²) in [5, 5.41) is 2.60. The van der Waals surface area contributed by atoms with Crippen molar-refractivity contribution in [2.24, 2.45) is 5.73 Å². The lowest BCUT2D eigenvalue weighted by atomic mass is 10.1. The maximum atomic E-state index is 12.0. The topological polar surface area (TPSA) is 72.2 Å². The van der Waals surface area contributed by atoms with Crippen molar-refractivity contribution in [3.05, 3.63) is 47.5 Å². The zero-order valence-corrected chi connectivity index (χ0v) is 10.7. The molecule has 96 valence electrons. The summed E-state index contributed by atoms with van der Waals surface area (Å²) in [4.78, 5) is 23.1. The molecule has 1 aromatic carbocycles. The van der Waals surface area contributed by atoms with Crippen LogP contribution in [-0.2, 0) is 4.79 Å². The molecular weight excluding hydrogens is 228 g/mol. The highest BCUT2D eigenvalue weighted by Gasteiger charge is 2.17. The Kier molecular flexibility index (Phi) is 4.66. The van der Waals surface area contributed by atoms with Gasteiger partial charge in [-0.15, -0.1) is 6.58 Å². The Labute approximate surface area is 107 Å². The van der Waals surface area contributed by atoms with Gasteiger partial charge in [-0.3, -0.25) is 9.59 Å². The second-order valence-electron chi connectivity index (χ2n) is 4.33. The van der Waals surface area contributed by atoms with Crippen LogP contribution in [0.3, 0.4) is 0 Å². The van der Waals surface area contributed by atoms with Crippen molar-refractivity contribution in [1.29, 1.82) is 0 Å². The van der Waals surface area contributed by atoms with Crippen LogP contribution in [0.1, 0.15) is 27.9 Å². The minimum absolute atomic E-state index is 0.299. The molecule has 2 amide bonds. The van der Waals surface area contributed by atoms with Gasteiger partial charge in [0.1, 0.15) is 6.04 Å². The van der Waals surface area contributed by atoms with Crippen molar-refractivity contribution < 1.29 is 9.59 Å². The molecule has 3 N–H and O–H groups in total. The van der Waals surface area contributed by atoms with E-state index in [0.717, 1.165) is 11.1 Å². The quantitative estimate of drug-likeness (QED) is 0.772. The highest BCUT2D eigenvalue weighted by Crippen LogP contribution is 2.09. The summed E-state index contributed by atoms with van der Waals surface area (Å²) in [6, 6.07) is 4.81. The fraction of sp³-hybridized carbons (Fsp3) is 0.286. The van der Waals surface area contributed by atoms with E-state index < -0.39 is 11.9 Å². The Balaban J connectivity index is 2.86. The summed E-state index contributed by atoms with van der Waals surface area (Å²) >= 11 is 0. The first-order valence-electron chi connectivity index (χ1n) is 5.73. The van der Waals surface area contributed by atoms with Gasteiger partial charge in [0.15, 0.2) is 0 Å². The van der Waals surface area contributed by atoms with E-state index in [1.807, 2.05) is 19.9 Å². The second kappa shape index (κ2) is 6.00.